The van der Waals surface area contributed by atoms with Crippen LogP contribution in [-0.4, -0.2) is 9.78 Å². The molecule has 17 heavy (non-hydrogen) atoms. The maximum atomic E-state index is 13.8. The van der Waals surface area contributed by atoms with Gasteiger partial charge < -0.3 is 0 Å². The third-order valence-corrected chi connectivity index (χ3v) is 2.43. The van der Waals surface area contributed by atoms with Crippen molar-refractivity contribution in [3.05, 3.63) is 58.5 Å². The standard InChI is InChI=1S/C11H10FN5/c1-8(15-16-13)9-3-4-11(10(12)7-9)17-6-2-5-14-17/h2-8H,1H3. The molecule has 6 heteroatoms. The van der Waals surface area contributed by atoms with Crippen LogP contribution in [0.15, 0.2) is 41.8 Å². The third kappa shape index (κ3) is 2.26. The van der Waals surface area contributed by atoms with Crippen molar-refractivity contribution in [3.8, 4) is 5.69 Å². The summed E-state index contributed by atoms with van der Waals surface area (Å²) in [6.45, 7) is 1.71. The molecule has 0 aliphatic heterocycles. The van der Waals surface area contributed by atoms with E-state index in [1.165, 1.54) is 10.7 Å². The monoisotopic (exact) mass is 231 g/mol. The van der Waals surface area contributed by atoms with Gasteiger partial charge in [0.1, 0.15) is 11.5 Å². The zero-order valence-electron chi connectivity index (χ0n) is 9.16. The minimum atomic E-state index is -0.397. The lowest BCUT2D eigenvalue weighted by Gasteiger charge is -2.08. The molecule has 1 aromatic heterocycles. The average molecular weight is 231 g/mol. The van der Waals surface area contributed by atoms with E-state index in [0.717, 1.165) is 0 Å². The lowest BCUT2D eigenvalue weighted by molar-refractivity contribution is 0.605. The summed E-state index contributed by atoms with van der Waals surface area (Å²) in [4.78, 5) is 2.70. The minimum absolute atomic E-state index is 0.367. The SMILES string of the molecule is CC(N=[N+]=[N-])c1ccc(-n2cccn2)c(F)c1. The van der Waals surface area contributed by atoms with Crippen molar-refractivity contribution in [2.75, 3.05) is 0 Å². The first kappa shape index (κ1) is 11.2. The van der Waals surface area contributed by atoms with E-state index >= 15 is 0 Å². The molecule has 0 spiro atoms. The van der Waals surface area contributed by atoms with Crippen LogP contribution in [0.3, 0.4) is 0 Å². The number of benzene rings is 1. The van der Waals surface area contributed by atoms with Gasteiger partial charge in [-0.1, -0.05) is 18.1 Å². The highest BCUT2D eigenvalue weighted by Gasteiger charge is 2.09. The molecule has 0 amide bonds. The number of hydrogen-bond donors (Lipinski definition) is 0. The maximum Gasteiger partial charge on any atom is 0.149 e. The van der Waals surface area contributed by atoms with E-state index in [1.807, 2.05) is 0 Å². The number of azide groups is 1. The van der Waals surface area contributed by atoms with E-state index in [2.05, 4.69) is 15.1 Å². The Morgan fingerprint density at radius 2 is 2.35 bits per heavy atom. The molecular formula is C11H10FN5. The second-order valence-corrected chi connectivity index (χ2v) is 3.54. The fourth-order valence-corrected chi connectivity index (χ4v) is 1.52. The quantitative estimate of drug-likeness (QED) is 0.453. The van der Waals surface area contributed by atoms with Crippen molar-refractivity contribution in [2.45, 2.75) is 13.0 Å². The van der Waals surface area contributed by atoms with Gasteiger partial charge in [0.05, 0.1) is 6.04 Å². The van der Waals surface area contributed by atoms with Crippen molar-refractivity contribution in [3.63, 3.8) is 0 Å². The Bertz CT molecular complexity index is 557. The van der Waals surface area contributed by atoms with Crippen LogP contribution in [0.2, 0.25) is 0 Å². The Morgan fingerprint density at radius 3 is 2.94 bits per heavy atom. The maximum absolute atomic E-state index is 13.8. The van der Waals surface area contributed by atoms with Crippen LogP contribution < -0.4 is 0 Å². The van der Waals surface area contributed by atoms with Crippen LogP contribution in [0.1, 0.15) is 18.5 Å². The first-order valence-corrected chi connectivity index (χ1v) is 5.06. The average Bonchev–Trinajstić information content (AvgIpc) is 2.82. The molecular weight excluding hydrogens is 221 g/mol. The van der Waals surface area contributed by atoms with Crippen molar-refractivity contribution < 1.29 is 4.39 Å². The summed E-state index contributed by atoms with van der Waals surface area (Å²) in [5.41, 5.74) is 9.33. The van der Waals surface area contributed by atoms with Crippen LogP contribution in [0.5, 0.6) is 0 Å². The van der Waals surface area contributed by atoms with E-state index in [0.29, 0.717) is 11.3 Å². The zero-order valence-corrected chi connectivity index (χ0v) is 9.16. The highest BCUT2D eigenvalue weighted by molar-refractivity contribution is 5.36. The fourth-order valence-electron chi connectivity index (χ4n) is 1.52. The molecule has 1 atom stereocenters. The topological polar surface area (TPSA) is 66.6 Å². The number of hydrogen-bond acceptors (Lipinski definition) is 2. The van der Waals surface area contributed by atoms with Crippen molar-refractivity contribution in [1.82, 2.24) is 9.78 Å². The molecule has 0 saturated heterocycles. The summed E-state index contributed by atoms with van der Waals surface area (Å²) in [5.74, 6) is -0.397. The van der Waals surface area contributed by atoms with Gasteiger partial charge in [-0.15, -0.1) is 0 Å². The number of nitrogens with zero attached hydrogens (tertiary/aromatic N) is 5. The van der Waals surface area contributed by atoms with Gasteiger partial charge in [-0.2, -0.15) is 5.10 Å². The van der Waals surface area contributed by atoms with Gasteiger partial charge in [0, 0.05) is 17.3 Å². The number of aromatic nitrogens is 2. The number of rotatable bonds is 3. The predicted molar refractivity (Wildman–Crippen MR) is 61.1 cm³/mol. The van der Waals surface area contributed by atoms with Gasteiger partial charge in [-0.25, -0.2) is 9.07 Å². The summed E-state index contributed by atoms with van der Waals surface area (Å²) in [7, 11) is 0. The summed E-state index contributed by atoms with van der Waals surface area (Å²) in [6.07, 6.45) is 3.24. The molecule has 2 aromatic rings. The fraction of sp³-hybridized carbons (Fsp3) is 0.182. The second-order valence-electron chi connectivity index (χ2n) is 3.54. The first-order chi connectivity index (χ1) is 8.22. The summed E-state index contributed by atoms with van der Waals surface area (Å²) >= 11 is 0. The number of halogens is 1. The molecule has 0 radical (unpaired) electrons. The van der Waals surface area contributed by atoms with E-state index in [9.17, 15) is 4.39 Å². The van der Waals surface area contributed by atoms with Gasteiger partial charge in [0.2, 0.25) is 0 Å². The van der Waals surface area contributed by atoms with E-state index in [4.69, 9.17) is 5.53 Å². The Labute approximate surface area is 97.1 Å². The largest absolute Gasteiger partial charge is 0.238 e. The van der Waals surface area contributed by atoms with E-state index in [1.54, 1.807) is 37.5 Å². The van der Waals surface area contributed by atoms with E-state index in [-0.39, 0.29) is 6.04 Å². The van der Waals surface area contributed by atoms with Gasteiger partial charge in [0.25, 0.3) is 0 Å². The summed E-state index contributed by atoms with van der Waals surface area (Å²) < 4.78 is 15.3. The molecule has 2 rings (SSSR count). The summed E-state index contributed by atoms with van der Waals surface area (Å²) in [5, 5.41) is 7.47. The van der Waals surface area contributed by atoms with Crippen LogP contribution in [-0.2, 0) is 0 Å². The van der Waals surface area contributed by atoms with Gasteiger partial charge in [-0.05, 0) is 29.3 Å². The highest BCUT2D eigenvalue weighted by Crippen LogP contribution is 2.21. The third-order valence-electron chi connectivity index (χ3n) is 2.43. The molecule has 0 bridgehead atoms. The van der Waals surface area contributed by atoms with Gasteiger partial charge in [0.15, 0.2) is 0 Å². The van der Waals surface area contributed by atoms with Crippen LogP contribution in [0.25, 0.3) is 16.1 Å². The van der Waals surface area contributed by atoms with Crippen LogP contribution in [0.4, 0.5) is 4.39 Å². The van der Waals surface area contributed by atoms with Crippen molar-refractivity contribution in [1.29, 1.82) is 0 Å². The molecule has 0 N–H and O–H groups in total. The van der Waals surface area contributed by atoms with Crippen molar-refractivity contribution >= 4 is 0 Å². The zero-order chi connectivity index (χ0) is 12.3. The Morgan fingerprint density at radius 1 is 1.53 bits per heavy atom. The molecule has 5 nitrogen and oxygen atoms in total. The van der Waals surface area contributed by atoms with E-state index < -0.39 is 5.82 Å². The van der Waals surface area contributed by atoms with Crippen LogP contribution in [0, 0.1) is 5.82 Å². The first-order valence-electron chi connectivity index (χ1n) is 5.06. The molecule has 1 aromatic carbocycles. The Hall–Kier alpha value is -2.33. The smallest absolute Gasteiger partial charge is 0.149 e. The van der Waals surface area contributed by atoms with Crippen molar-refractivity contribution in [2.24, 2.45) is 5.11 Å². The van der Waals surface area contributed by atoms with Crippen LogP contribution >= 0.6 is 0 Å². The Balaban J connectivity index is 2.38. The second kappa shape index (κ2) is 4.67. The molecule has 0 aliphatic rings. The molecule has 1 unspecified atom stereocenters. The van der Waals surface area contributed by atoms with Gasteiger partial charge >= 0.3 is 0 Å². The highest BCUT2D eigenvalue weighted by atomic mass is 19.1. The molecule has 0 saturated carbocycles. The predicted octanol–water partition coefficient (Wildman–Crippen LogP) is 3.38. The Kier molecular flexibility index (Phi) is 3.07. The van der Waals surface area contributed by atoms with Gasteiger partial charge in [-0.3, -0.25) is 0 Å². The lowest BCUT2D eigenvalue weighted by Crippen LogP contribution is -1.99. The lowest BCUT2D eigenvalue weighted by atomic mass is 10.1. The minimum Gasteiger partial charge on any atom is -0.238 e. The molecule has 0 fully saturated rings. The molecule has 0 aliphatic carbocycles. The normalized spacial score (nSPS) is 11.9. The molecule has 86 valence electrons. The molecule has 1 heterocycles. The summed E-state index contributed by atoms with van der Waals surface area (Å²) in [6, 6.07) is 6.02.